The van der Waals surface area contributed by atoms with Crippen LogP contribution in [0.15, 0.2) is 0 Å². The zero-order chi connectivity index (χ0) is 18.6. The van der Waals surface area contributed by atoms with E-state index in [1.54, 1.807) is 7.11 Å². The maximum absolute atomic E-state index is 10.7. The summed E-state index contributed by atoms with van der Waals surface area (Å²) in [6.45, 7) is 3.09. The fourth-order valence-corrected chi connectivity index (χ4v) is 9.30. The Morgan fingerprint density at radius 1 is 0.889 bits per heavy atom. The Balaban J connectivity index is 1.35. The molecule has 1 unspecified atom stereocenters. The van der Waals surface area contributed by atoms with E-state index in [1.807, 2.05) is 0 Å². The molecule has 0 heterocycles. The molecule has 0 bridgehead atoms. The smallest absolute Gasteiger partial charge is 0.146 e. The third-order valence-corrected chi connectivity index (χ3v) is 10.4. The Morgan fingerprint density at radius 2 is 1.74 bits per heavy atom. The fraction of sp³-hybridized carbons (Fsp3) is 1.00. The van der Waals surface area contributed by atoms with E-state index in [1.165, 1.54) is 70.6 Å². The van der Waals surface area contributed by atoms with Crippen LogP contribution in [-0.2, 0) is 9.47 Å². The fourth-order valence-electron chi connectivity index (χ4n) is 9.30. The van der Waals surface area contributed by atoms with Gasteiger partial charge in [-0.05, 0) is 111 Å². The Morgan fingerprint density at radius 3 is 2.59 bits per heavy atom. The van der Waals surface area contributed by atoms with Gasteiger partial charge < -0.3 is 14.6 Å². The quantitative estimate of drug-likeness (QED) is 0.692. The van der Waals surface area contributed by atoms with Crippen LogP contribution in [0.2, 0.25) is 0 Å². The van der Waals surface area contributed by atoms with Crippen LogP contribution in [0.3, 0.4) is 0 Å². The molecule has 3 nitrogen and oxygen atoms in total. The summed E-state index contributed by atoms with van der Waals surface area (Å²) in [6, 6.07) is 0. The van der Waals surface area contributed by atoms with Crippen LogP contribution in [-0.4, -0.2) is 31.2 Å². The van der Waals surface area contributed by atoms with Gasteiger partial charge in [0, 0.05) is 7.11 Å². The van der Waals surface area contributed by atoms with Crippen molar-refractivity contribution in [1.82, 2.24) is 0 Å². The summed E-state index contributed by atoms with van der Waals surface area (Å²) < 4.78 is 11.1. The van der Waals surface area contributed by atoms with Gasteiger partial charge in [-0.3, -0.25) is 0 Å². The predicted octanol–water partition coefficient (Wildman–Crippen LogP) is 5.16. The van der Waals surface area contributed by atoms with E-state index in [0.29, 0.717) is 29.6 Å². The lowest BCUT2D eigenvalue weighted by atomic mass is 9.43. The van der Waals surface area contributed by atoms with Gasteiger partial charge in [-0.15, -0.1) is 0 Å². The van der Waals surface area contributed by atoms with Gasteiger partial charge in [-0.1, -0.05) is 13.3 Å². The third-order valence-electron chi connectivity index (χ3n) is 10.4. The van der Waals surface area contributed by atoms with Gasteiger partial charge in [0.25, 0.3) is 0 Å². The second-order valence-corrected chi connectivity index (χ2v) is 11.0. The molecule has 0 amide bonds. The molecule has 0 aromatic rings. The Labute approximate surface area is 165 Å². The van der Waals surface area contributed by atoms with E-state index < -0.39 is 0 Å². The minimum atomic E-state index is 0.000554. The number of rotatable bonds is 3. The number of hydrogen-bond donors (Lipinski definition) is 1. The molecule has 0 radical (unpaired) electrons. The zero-order valence-electron chi connectivity index (χ0n) is 17.5. The van der Waals surface area contributed by atoms with Crippen LogP contribution in [0.1, 0.15) is 84.0 Å². The van der Waals surface area contributed by atoms with Crippen LogP contribution >= 0.6 is 0 Å². The van der Waals surface area contributed by atoms with E-state index in [9.17, 15) is 5.11 Å². The molecule has 5 aliphatic carbocycles. The van der Waals surface area contributed by atoms with Gasteiger partial charge >= 0.3 is 0 Å². The van der Waals surface area contributed by atoms with Crippen LogP contribution in [0.5, 0.6) is 0 Å². The summed E-state index contributed by atoms with van der Waals surface area (Å²) in [5, 5.41) is 10.7. The van der Waals surface area contributed by atoms with Crippen molar-refractivity contribution in [3.63, 3.8) is 0 Å². The molecule has 0 saturated heterocycles. The number of aliphatic hydroxyl groups is 1. The van der Waals surface area contributed by atoms with Gasteiger partial charge in [0.15, 0.2) is 0 Å². The second kappa shape index (κ2) is 6.99. The van der Waals surface area contributed by atoms with Crippen molar-refractivity contribution in [3.8, 4) is 0 Å². The summed E-state index contributed by atoms with van der Waals surface area (Å²) in [5.41, 5.74) is 1.05. The standard InChI is InChI=1S/C24H40O3/c1-23-12-9-17(27-15-26-2)14-16(23)5-6-18-19(23)10-13-24-11-3-4-22(25)21(24)8-7-20(18)24/h16-22,25H,3-15H2,1-2H3/t16-,17+,18+,19-,20-,21+,22-,23-,24?/m0/s1. The minimum Gasteiger partial charge on any atom is -0.393 e. The summed E-state index contributed by atoms with van der Waals surface area (Å²) >= 11 is 0. The molecule has 1 spiro atoms. The molecule has 9 atom stereocenters. The summed E-state index contributed by atoms with van der Waals surface area (Å²) in [7, 11) is 1.73. The van der Waals surface area contributed by atoms with Gasteiger partial charge in [0.05, 0.1) is 12.2 Å². The minimum absolute atomic E-state index is 0.000554. The first kappa shape index (κ1) is 18.9. The van der Waals surface area contributed by atoms with Crippen molar-refractivity contribution >= 4 is 0 Å². The van der Waals surface area contributed by atoms with Crippen molar-refractivity contribution in [2.75, 3.05) is 13.9 Å². The molecule has 154 valence electrons. The van der Waals surface area contributed by atoms with Crippen LogP contribution in [0, 0.1) is 40.4 Å². The SMILES string of the molecule is COCO[C@@H]1CC[C@@]2(C)[C@@H](CC[C@H]3[C@@H]4CC[C@@H]5[C@@H](O)CCCC54CC[C@@H]32)C1. The topological polar surface area (TPSA) is 38.7 Å². The first-order valence-corrected chi connectivity index (χ1v) is 11.9. The highest BCUT2D eigenvalue weighted by Gasteiger charge is 2.63. The lowest BCUT2D eigenvalue weighted by molar-refractivity contribution is -0.163. The molecular formula is C24H40O3. The van der Waals surface area contributed by atoms with Gasteiger partial charge in [-0.25, -0.2) is 0 Å². The lowest BCUT2D eigenvalue weighted by Crippen LogP contribution is -2.56. The largest absolute Gasteiger partial charge is 0.393 e. The number of fused-ring (bicyclic) bond motifs is 4. The number of aliphatic hydroxyl groups excluding tert-OH is 1. The molecule has 0 aromatic carbocycles. The molecular weight excluding hydrogens is 336 g/mol. The normalized spacial score (nSPS) is 54.6. The molecule has 0 aromatic heterocycles. The van der Waals surface area contributed by atoms with Crippen LogP contribution in [0.4, 0.5) is 0 Å². The molecule has 5 saturated carbocycles. The van der Waals surface area contributed by atoms with Gasteiger partial charge in [0.2, 0.25) is 0 Å². The molecule has 27 heavy (non-hydrogen) atoms. The van der Waals surface area contributed by atoms with Crippen molar-refractivity contribution in [2.24, 2.45) is 40.4 Å². The average molecular weight is 377 g/mol. The molecule has 3 heteroatoms. The molecule has 5 fully saturated rings. The van der Waals surface area contributed by atoms with Crippen molar-refractivity contribution in [3.05, 3.63) is 0 Å². The predicted molar refractivity (Wildman–Crippen MR) is 106 cm³/mol. The molecule has 1 N–H and O–H groups in total. The number of hydrogen-bond acceptors (Lipinski definition) is 3. The first-order chi connectivity index (χ1) is 13.1. The Bertz CT molecular complexity index is 550. The molecule has 0 aliphatic heterocycles. The highest BCUT2D eigenvalue weighted by Crippen LogP contribution is 2.70. The van der Waals surface area contributed by atoms with Crippen LogP contribution < -0.4 is 0 Å². The first-order valence-electron chi connectivity index (χ1n) is 11.9. The number of ether oxygens (including phenoxy) is 2. The van der Waals surface area contributed by atoms with Crippen molar-refractivity contribution in [1.29, 1.82) is 0 Å². The average Bonchev–Trinajstić information content (AvgIpc) is 3.07. The van der Waals surface area contributed by atoms with Gasteiger partial charge in [-0.2, -0.15) is 0 Å². The second-order valence-electron chi connectivity index (χ2n) is 11.0. The van der Waals surface area contributed by atoms with E-state index in [0.717, 1.165) is 30.1 Å². The summed E-state index contributed by atoms with van der Waals surface area (Å²) in [5.74, 6) is 4.25. The van der Waals surface area contributed by atoms with E-state index in [-0.39, 0.29) is 6.10 Å². The summed E-state index contributed by atoms with van der Waals surface area (Å²) in [4.78, 5) is 0. The number of methoxy groups -OCH3 is 1. The van der Waals surface area contributed by atoms with E-state index in [2.05, 4.69) is 6.92 Å². The Kier molecular flexibility index (Phi) is 4.89. The van der Waals surface area contributed by atoms with Crippen molar-refractivity contribution in [2.45, 2.75) is 96.2 Å². The monoisotopic (exact) mass is 376 g/mol. The highest BCUT2D eigenvalue weighted by atomic mass is 16.7. The Hall–Kier alpha value is -0.120. The highest BCUT2D eigenvalue weighted by molar-refractivity contribution is 5.12. The maximum atomic E-state index is 10.7. The zero-order valence-corrected chi connectivity index (χ0v) is 17.5. The third kappa shape index (κ3) is 2.78. The van der Waals surface area contributed by atoms with E-state index >= 15 is 0 Å². The summed E-state index contributed by atoms with van der Waals surface area (Å²) in [6.07, 6.45) is 16.4. The van der Waals surface area contributed by atoms with E-state index in [4.69, 9.17) is 9.47 Å². The maximum Gasteiger partial charge on any atom is 0.146 e. The lowest BCUT2D eigenvalue weighted by Gasteiger charge is -2.62. The molecule has 5 rings (SSSR count). The van der Waals surface area contributed by atoms with Gasteiger partial charge in [0.1, 0.15) is 6.79 Å². The van der Waals surface area contributed by atoms with Crippen LogP contribution in [0.25, 0.3) is 0 Å². The molecule has 5 aliphatic rings. The van der Waals surface area contributed by atoms with Crippen molar-refractivity contribution < 1.29 is 14.6 Å².